The standard InChI is InChI=1S/C27H45N5O3Si/c1-26(2,3)36(7,8)35-18-27(4,5)15-20(34)16-31(6)25-21-11-9-12-22(21)29-24(30-25)23-17-32(19-28-23)13-10-14-33/h17,19,33H,9-16,18H2,1-8H3. The number of likely N-dealkylation sites (N-methyl/N-ethyl adjacent to an activating group) is 1. The van der Waals surface area contributed by atoms with E-state index in [-0.39, 0.29) is 22.8 Å². The molecule has 200 valence electrons. The molecule has 0 fully saturated rings. The van der Waals surface area contributed by atoms with Crippen molar-refractivity contribution in [1.29, 1.82) is 0 Å². The fourth-order valence-electron chi connectivity index (χ4n) is 4.27. The maximum absolute atomic E-state index is 13.2. The molecule has 2 aromatic rings. The highest BCUT2D eigenvalue weighted by Crippen LogP contribution is 2.38. The van der Waals surface area contributed by atoms with Gasteiger partial charge in [0.25, 0.3) is 0 Å². The zero-order valence-corrected chi connectivity index (χ0v) is 24.5. The van der Waals surface area contributed by atoms with Crippen molar-refractivity contribution in [1.82, 2.24) is 19.5 Å². The van der Waals surface area contributed by atoms with Crippen LogP contribution in [0.4, 0.5) is 5.82 Å². The highest BCUT2D eigenvalue weighted by atomic mass is 28.4. The number of hydrogen-bond donors (Lipinski definition) is 1. The summed E-state index contributed by atoms with van der Waals surface area (Å²) in [4.78, 5) is 29.3. The van der Waals surface area contributed by atoms with Crippen molar-refractivity contribution < 1.29 is 14.3 Å². The van der Waals surface area contributed by atoms with Gasteiger partial charge in [-0.2, -0.15) is 0 Å². The summed E-state index contributed by atoms with van der Waals surface area (Å²) in [6.45, 7) is 17.2. The van der Waals surface area contributed by atoms with E-state index in [4.69, 9.17) is 19.5 Å². The first-order valence-corrected chi connectivity index (χ1v) is 16.0. The number of carbonyl (C=O) groups excluding carboxylic acids is 1. The second-order valence-electron chi connectivity index (χ2n) is 12.5. The van der Waals surface area contributed by atoms with E-state index in [0.29, 0.717) is 44.1 Å². The molecule has 0 saturated carbocycles. The van der Waals surface area contributed by atoms with Crippen molar-refractivity contribution in [2.45, 2.75) is 91.4 Å². The molecule has 0 atom stereocenters. The Morgan fingerprint density at radius 1 is 1.19 bits per heavy atom. The number of Topliss-reactive ketones (excluding diaryl/α,β-unsaturated/α-hetero) is 1. The monoisotopic (exact) mass is 515 g/mol. The fourth-order valence-corrected chi connectivity index (χ4v) is 5.45. The molecule has 1 N–H and O–H groups in total. The molecule has 1 aliphatic carbocycles. The third-order valence-electron chi connectivity index (χ3n) is 7.43. The van der Waals surface area contributed by atoms with Gasteiger partial charge in [-0.1, -0.05) is 34.6 Å². The molecular weight excluding hydrogens is 470 g/mol. The van der Waals surface area contributed by atoms with Gasteiger partial charge in [-0.25, -0.2) is 15.0 Å². The Morgan fingerprint density at radius 2 is 1.92 bits per heavy atom. The summed E-state index contributed by atoms with van der Waals surface area (Å²) in [6, 6.07) is 0. The fraction of sp³-hybridized carbons (Fsp3) is 0.704. The minimum absolute atomic E-state index is 0.144. The molecule has 3 rings (SSSR count). The predicted molar refractivity (Wildman–Crippen MR) is 147 cm³/mol. The first kappa shape index (κ1) is 28.5. The van der Waals surface area contributed by atoms with Gasteiger partial charge in [0.2, 0.25) is 0 Å². The molecule has 2 aromatic heterocycles. The van der Waals surface area contributed by atoms with Crippen LogP contribution < -0.4 is 4.90 Å². The number of hydrogen-bond acceptors (Lipinski definition) is 7. The van der Waals surface area contributed by atoms with Gasteiger partial charge in [0, 0.05) is 50.7 Å². The third-order valence-corrected chi connectivity index (χ3v) is 11.9. The van der Waals surface area contributed by atoms with Crippen LogP contribution in [0.5, 0.6) is 0 Å². The maximum Gasteiger partial charge on any atom is 0.192 e. The van der Waals surface area contributed by atoms with E-state index in [1.165, 1.54) is 0 Å². The maximum atomic E-state index is 13.2. The van der Waals surface area contributed by atoms with Crippen LogP contribution in [-0.2, 0) is 28.6 Å². The lowest BCUT2D eigenvalue weighted by molar-refractivity contribution is -0.120. The van der Waals surface area contributed by atoms with E-state index >= 15 is 0 Å². The molecule has 2 heterocycles. The van der Waals surface area contributed by atoms with Crippen LogP contribution in [-0.4, -0.2) is 65.5 Å². The van der Waals surface area contributed by atoms with Crippen LogP contribution in [0.1, 0.15) is 65.1 Å². The number of anilines is 1. The first-order valence-electron chi connectivity index (χ1n) is 13.1. The summed E-state index contributed by atoms with van der Waals surface area (Å²) in [7, 11) is 0.0806. The van der Waals surface area contributed by atoms with Gasteiger partial charge in [0.1, 0.15) is 11.5 Å². The number of aromatic nitrogens is 4. The van der Waals surface area contributed by atoms with Gasteiger partial charge in [0.15, 0.2) is 19.9 Å². The highest BCUT2D eigenvalue weighted by molar-refractivity contribution is 6.74. The van der Waals surface area contributed by atoms with Crippen molar-refractivity contribution >= 4 is 19.9 Å². The largest absolute Gasteiger partial charge is 0.416 e. The SMILES string of the molecule is CN(CC(=O)CC(C)(C)CO[Si](C)(C)C(C)(C)C)c1nc(-c2cn(CCCO)cn2)nc2c1CCC2. The van der Waals surface area contributed by atoms with Crippen molar-refractivity contribution in [3.8, 4) is 11.5 Å². The minimum Gasteiger partial charge on any atom is -0.416 e. The molecule has 0 aliphatic heterocycles. The minimum atomic E-state index is -1.87. The van der Waals surface area contributed by atoms with E-state index < -0.39 is 8.32 Å². The molecular formula is C27H45N5O3Si. The number of rotatable bonds is 12. The molecule has 0 unspecified atom stereocenters. The number of ketones is 1. The summed E-state index contributed by atoms with van der Waals surface area (Å²) >= 11 is 0. The Morgan fingerprint density at radius 3 is 2.58 bits per heavy atom. The Kier molecular flexibility index (Phi) is 8.78. The Bertz CT molecular complexity index is 1060. The number of aliphatic hydroxyl groups excluding tert-OH is 1. The zero-order valence-electron chi connectivity index (χ0n) is 23.5. The molecule has 0 saturated heterocycles. The van der Waals surface area contributed by atoms with Crippen molar-refractivity contribution in [3.05, 3.63) is 23.8 Å². The van der Waals surface area contributed by atoms with E-state index in [9.17, 15) is 4.79 Å². The van der Waals surface area contributed by atoms with Crippen LogP contribution >= 0.6 is 0 Å². The number of fused-ring (bicyclic) bond motifs is 1. The third kappa shape index (κ3) is 7.01. The van der Waals surface area contributed by atoms with E-state index in [1.54, 1.807) is 6.33 Å². The van der Waals surface area contributed by atoms with Crippen molar-refractivity contribution in [2.24, 2.45) is 5.41 Å². The van der Waals surface area contributed by atoms with Gasteiger partial charge in [-0.15, -0.1) is 0 Å². The topological polar surface area (TPSA) is 93.4 Å². The van der Waals surface area contributed by atoms with Gasteiger partial charge in [-0.3, -0.25) is 4.79 Å². The predicted octanol–water partition coefficient (Wildman–Crippen LogP) is 4.65. The highest BCUT2D eigenvalue weighted by Gasteiger charge is 2.39. The second kappa shape index (κ2) is 11.1. The molecule has 0 amide bonds. The lowest BCUT2D eigenvalue weighted by atomic mass is 9.88. The molecule has 8 nitrogen and oxygen atoms in total. The lowest BCUT2D eigenvalue weighted by Gasteiger charge is -2.39. The molecule has 0 aromatic carbocycles. The summed E-state index contributed by atoms with van der Waals surface area (Å²) < 4.78 is 8.38. The molecule has 1 aliphatic rings. The van der Waals surface area contributed by atoms with Gasteiger partial charge >= 0.3 is 0 Å². The van der Waals surface area contributed by atoms with Crippen LogP contribution in [0.2, 0.25) is 18.1 Å². The van der Waals surface area contributed by atoms with Gasteiger partial charge < -0.3 is 19.0 Å². The quantitative estimate of drug-likeness (QED) is 0.411. The molecule has 0 radical (unpaired) electrons. The van der Waals surface area contributed by atoms with Gasteiger partial charge in [-0.05, 0) is 49.2 Å². The Hall–Kier alpha value is -2.10. The first-order chi connectivity index (χ1) is 16.7. The van der Waals surface area contributed by atoms with E-state index in [1.807, 2.05) is 22.7 Å². The number of aliphatic hydroxyl groups is 1. The van der Waals surface area contributed by atoms with Crippen molar-refractivity contribution in [3.63, 3.8) is 0 Å². The molecule has 0 bridgehead atoms. The lowest BCUT2D eigenvalue weighted by Crippen LogP contribution is -2.43. The van der Waals surface area contributed by atoms with Crippen LogP contribution in [0.15, 0.2) is 12.5 Å². The van der Waals surface area contributed by atoms with Crippen LogP contribution in [0.3, 0.4) is 0 Å². The van der Waals surface area contributed by atoms with Gasteiger partial charge in [0.05, 0.1) is 12.9 Å². The zero-order chi connectivity index (χ0) is 26.7. The van der Waals surface area contributed by atoms with Crippen molar-refractivity contribution in [2.75, 3.05) is 31.7 Å². The average molecular weight is 516 g/mol. The van der Waals surface area contributed by atoms with E-state index in [0.717, 1.165) is 36.3 Å². The van der Waals surface area contributed by atoms with Crippen LogP contribution in [0.25, 0.3) is 11.5 Å². The Labute approximate surface area is 217 Å². The normalized spacial score (nSPS) is 14.2. The summed E-state index contributed by atoms with van der Waals surface area (Å²) in [5, 5.41) is 9.24. The smallest absolute Gasteiger partial charge is 0.192 e. The number of aryl methyl sites for hydroxylation is 2. The van der Waals surface area contributed by atoms with Crippen LogP contribution in [0, 0.1) is 5.41 Å². The summed E-state index contributed by atoms with van der Waals surface area (Å²) in [6.07, 6.45) is 7.71. The second-order valence-corrected chi connectivity index (χ2v) is 17.3. The average Bonchev–Trinajstić information content (AvgIpc) is 3.44. The number of carbonyl (C=O) groups is 1. The summed E-state index contributed by atoms with van der Waals surface area (Å²) in [5.74, 6) is 1.61. The Balaban J connectivity index is 1.71. The number of nitrogens with zero attached hydrogens (tertiary/aromatic N) is 5. The summed E-state index contributed by atoms with van der Waals surface area (Å²) in [5.41, 5.74) is 2.69. The molecule has 36 heavy (non-hydrogen) atoms. The number of imidazole rings is 1. The molecule has 9 heteroatoms. The van der Waals surface area contributed by atoms with E-state index in [2.05, 4.69) is 52.7 Å². The molecule has 0 spiro atoms.